The van der Waals surface area contributed by atoms with Gasteiger partial charge < -0.3 is 10.1 Å². The van der Waals surface area contributed by atoms with Crippen LogP contribution in [0, 0.1) is 0 Å². The largest absolute Gasteiger partial charge is 0.445 e. The smallest absolute Gasteiger partial charge is 0.407 e. The molecule has 0 radical (unpaired) electrons. The van der Waals surface area contributed by atoms with Crippen LogP contribution in [0.4, 0.5) is 4.79 Å². The quantitative estimate of drug-likeness (QED) is 0.663. The Balaban J connectivity index is 1.66. The van der Waals surface area contributed by atoms with Gasteiger partial charge in [0.05, 0.1) is 0 Å². The Morgan fingerprint density at radius 3 is 2.74 bits per heavy atom. The van der Waals surface area contributed by atoms with E-state index in [0.29, 0.717) is 18.0 Å². The van der Waals surface area contributed by atoms with E-state index in [-0.39, 0.29) is 6.61 Å². The molecule has 0 heterocycles. The third-order valence-corrected chi connectivity index (χ3v) is 3.87. The van der Waals surface area contributed by atoms with Crippen molar-refractivity contribution in [2.45, 2.75) is 13.0 Å². The van der Waals surface area contributed by atoms with Crippen LogP contribution < -0.4 is 5.32 Å². The summed E-state index contributed by atoms with van der Waals surface area (Å²) in [7, 11) is 0. The Morgan fingerprint density at radius 2 is 2.00 bits per heavy atom. The minimum absolute atomic E-state index is 0.275. The van der Waals surface area contributed by atoms with E-state index in [0.717, 1.165) is 15.6 Å². The molecule has 0 unspecified atom stereocenters. The van der Waals surface area contributed by atoms with Gasteiger partial charge in [0.15, 0.2) is 0 Å². The van der Waals surface area contributed by atoms with E-state index in [2.05, 4.69) is 21.2 Å². The van der Waals surface area contributed by atoms with Gasteiger partial charge >= 0.3 is 6.09 Å². The predicted molar refractivity (Wildman–Crippen MR) is 97.4 cm³/mol. The Bertz CT molecular complexity index is 674. The Morgan fingerprint density at radius 1 is 1.22 bits per heavy atom. The zero-order valence-electron chi connectivity index (χ0n) is 12.5. The molecule has 3 nitrogen and oxygen atoms in total. The number of alkyl carbamates (subject to hydrolysis) is 1. The molecule has 0 atom stereocenters. The van der Waals surface area contributed by atoms with E-state index >= 15 is 0 Å². The van der Waals surface area contributed by atoms with Crippen LogP contribution in [0.25, 0.3) is 6.08 Å². The van der Waals surface area contributed by atoms with Crippen LogP contribution in [-0.2, 0) is 11.3 Å². The van der Waals surface area contributed by atoms with Gasteiger partial charge in [-0.1, -0.05) is 76.1 Å². The lowest BCUT2D eigenvalue weighted by Gasteiger charge is -2.06. The first-order chi connectivity index (χ1) is 11.1. The third-order valence-electron chi connectivity index (χ3n) is 3.05. The standard InChI is InChI=1S/C18H17BrClNO2/c19-16-10-9-15(17(20)12-16)8-4-5-11-21-18(22)23-13-14-6-2-1-3-7-14/h1-4,6-10,12H,5,11,13H2,(H,21,22). The van der Waals surface area contributed by atoms with Crippen LogP contribution in [0.2, 0.25) is 5.02 Å². The molecule has 2 aromatic carbocycles. The first-order valence-electron chi connectivity index (χ1n) is 7.21. The molecular weight excluding hydrogens is 378 g/mol. The molecule has 0 spiro atoms. The van der Waals surface area contributed by atoms with Gasteiger partial charge in [-0.25, -0.2) is 4.79 Å². The SMILES string of the molecule is O=C(NCCC=Cc1ccc(Br)cc1Cl)OCc1ccccc1. The minimum atomic E-state index is -0.413. The maximum Gasteiger partial charge on any atom is 0.407 e. The molecule has 5 heteroatoms. The molecule has 23 heavy (non-hydrogen) atoms. The second kappa shape index (κ2) is 9.38. The van der Waals surface area contributed by atoms with Gasteiger partial charge in [-0.3, -0.25) is 0 Å². The molecule has 0 aliphatic carbocycles. The number of benzene rings is 2. The minimum Gasteiger partial charge on any atom is -0.445 e. The van der Waals surface area contributed by atoms with E-state index in [1.807, 2.05) is 60.7 Å². The normalized spacial score (nSPS) is 10.7. The third kappa shape index (κ3) is 6.47. The second-order valence-corrected chi connectivity index (χ2v) is 6.17. The topological polar surface area (TPSA) is 38.3 Å². The summed E-state index contributed by atoms with van der Waals surface area (Å²) in [5.41, 5.74) is 1.91. The zero-order valence-corrected chi connectivity index (χ0v) is 14.8. The fourth-order valence-corrected chi connectivity index (χ4v) is 2.62. The summed E-state index contributed by atoms with van der Waals surface area (Å²) in [5, 5.41) is 3.40. The van der Waals surface area contributed by atoms with Crippen molar-refractivity contribution in [1.29, 1.82) is 0 Å². The fourth-order valence-electron chi connectivity index (χ4n) is 1.88. The number of halogens is 2. The molecule has 2 aromatic rings. The van der Waals surface area contributed by atoms with Gasteiger partial charge in [0.1, 0.15) is 6.61 Å². The molecule has 2 rings (SSSR count). The number of hydrogen-bond acceptors (Lipinski definition) is 2. The zero-order chi connectivity index (χ0) is 16.5. The summed E-state index contributed by atoms with van der Waals surface area (Å²) in [6, 6.07) is 15.3. The van der Waals surface area contributed by atoms with Gasteiger partial charge in [0, 0.05) is 16.0 Å². The van der Waals surface area contributed by atoms with Crippen molar-refractivity contribution < 1.29 is 9.53 Å². The van der Waals surface area contributed by atoms with Crippen LogP contribution in [-0.4, -0.2) is 12.6 Å². The van der Waals surface area contributed by atoms with Gasteiger partial charge in [0.25, 0.3) is 0 Å². The van der Waals surface area contributed by atoms with Crippen molar-refractivity contribution in [3.8, 4) is 0 Å². The lowest BCUT2D eigenvalue weighted by atomic mass is 10.2. The molecule has 0 aliphatic heterocycles. The number of carbonyl (C=O) groups excluding carboxylic acids is 1. The van der Waals surface area contributed by atoms with Crippen LogP contribution in [0.1, 0.15) is 17.5 Å². The molecule has 120 valence electrons. The fraction of sp³-hybridized carbons (Fsp3) is 0.167. The highest BCUT2D eigenvalue weighted by molar-refractivity contribution is 9.10. The maximum absolute atomic E-state index is 11.6. The average molecular weight is 395 g/mol. The van der Waals surface area contributed by atoms with Gasteiger partial charge in [-0.2, -0.15) is 0 Å². The van der Waals surface area contributed by atoms with Crippen LogP contribution in [0.5, 0.6) is 0 Å². The molecule has 0 saturated heterocycles. The lowest BCUT2D eigenvalue weighted by molar-refractivity contribution is 0.140. The van der Waals surface area contributed by atoms with E-state index in [1.54, 1.807) is 0 Å². The summed E-state index contributed by atoms with van der Waals surface area (Å²) in [5.74, 6) is 0. The van der Waals surface area contributed by atoms with Crippen LogP contribution >= 0.6 is 27.5 Å². The maximum atomic E-state index is 11.6. The van der Waals surface area contributed by atoms with Gasteiger partial charge in [0.2, 0.25) is 0 Å². The Labute approximate surface area is 149 Å². The van der Waals surface area contributed by atoms with Crippen molar-refractivity contribution in [3.63, 3.8) is 0 Å². The summed E-state index contributed by atoms with van der Waals surface area (Å²) in [4.78, 5) is 11.6. The number of carbonyl (C=O) groups is 1. The molecule has 0 fully saturated rings. The van der Waals surface area contributed by atoms with Crippen molar-refractivity contribution in [2.24, 2.45) is 0 Å². The van der Waals surface area contributed by atoms with E-state index in [9.17, 15) is 4.79 Å². The lowest BCUT2D eigenvalue weighted by Crippen LogP contribution is -2.24. The molecular formula is C18H17BrClNO2. The highest BCUT2D eigenvalue weighted by Gasteiger charge is 2.01. The monoisotopic (exact) mass is 393 g/mol. The molecule has 1 amide bonds. The van der Waals surface area contributed by atoms with Crippen molar-refractivity contribution >= 4 is 39.7 Å². The molecule has 0 aliphatic rings. The summed E-state index contributed by atoms with van der Waals surface area (Å²) in [6.07, 6.45) is 4.19. The highest BCUT2D eigenvalue weighted by Crippen LogP contribution is 2.22. The Hall–Kier alpha value is -1.78. The molecule has 0 bridgehead atoms. The van der Waals surface area contributed by atoms with Crippen molar-refractivity contribution in [3.05, 3.63) is 75.2 Å². The highest BCUT2D eigenvalue weighted by atomic mass is 79.9. The number of ether oxygens (including phenoxy) is 1. The number of hydrogen-bond donors (Lipinski definition) is 1. The van der Waals surface area contributed by atoms with E-state index in [1.165, 1.54) is 0 Å². The predicted octanol–water partition coefficient (Wildman–Crippen LogP) is 5.43. The Kier molecular flexibility index (Phi) is 7.17. The van der Waals surface area contributed by atoms with Gasteiger partial charge in [-0.05, 0) is 29.7 Å². The molecule has 1 N–H and O–H groups in total. The number of rotatable bonds is 6. The molecule has 0 aromatic heterocycles. The summed E-state index contributed by atoms with van der Waals surface area (Å²) < 4.78 is 6.07. The second-order valence-electron chi connectivity index (χ2n) is 4.85. The average Bonchev–Trinajstić information content (AvgIpc) is 2.55. The van der Waals surface area contributed by atoms with Crippen molar-refractivity contribution in [2.75, 3.05) is 6.54 Å². The number of nitrogens with one attached hydrogen (secondary N) is 1. The molecule has 0 saturated carbocycles. The first-order valence-corrected chi connectivity index (χ1v) is 8.38. The summed E-state index contributed by atoms with van der Waals surface area (Å²) >= 11 is 9.49. The van der Waals surface area contributed by atoms with Crippen molar-refractivity contribution in [1.82, 2.24) is 5.32 Å². The van der Waals surface area contributed by atoms with Gasteiger partial charge in [-0.15, -0.1) is 0 Å². The van der Waals surface area contributed by atoms with E-state index in [4.69, 9.17) is 16.3 Å². The van der Waals surface area contributed by atoms with Crippen LogP contribution in [0.3, 0.4) is 0 Å². The number of amides is 1. The van der Waals surface area contributed by atoms with E-state index < -0.39 is 6.09 Å². The first kappa shape index (κ1) is 17.6. The van der Waals surface area contributed by atoms with Crippen LogP contribution in [0.15, 0.2) is 59.1 Å². The summed E-state index contributed by atoms with van der Waals surface area (Å²) in [6.45, 7) is 0.787.